The number of carbonyl (C=O) groups excluding carboxylic acids is 2. The number of nitrogens with zero attached hydrogens (tertiary/aromatic N) is 1. The van der Waals surface area contributed by atoms with Crippen LogP contribution in [0.5, 0.6) is 0 Å². The Balaban J connectivity index is 1.48. The number of likely N-dealkylation sites (tertiary alicyclic amines) is 1. The summed E-state index contributed by atoms with van der Waals surface area (Å²) in [7, 11) is 0. The first kappa shape index (κ1) is 23.9. The summed E-state index contributed by atoms with van der Waals surface area (Å²) >= 11 is 1.43. The number of carbonyl (C=O) groups is 2. The van der Waals surface area contributed by atoms with E-state index < -0.39 is 6.04 Å². The van der Waals surface area contributed by atoms with Crippen molar-refractivity contribution < 1.29 is 14.3 Å². The van der Waals surface area contributed by atoms with Crippen LogP contribution in [0.4, 0.5) is 0 Å². The van der Waals surface area contributed by atoms with Crippen molar-refractivity contribution >= 4 is 23.2 Å². The minimum atomic E-state index is -0.401. The molecule has 1 saturated heterocycles. The first-order valence-corrected chi connectivity index (χ1v) is 12.6. The highest BCUT2D eigenvalue weighted by Crippen LogP contribution is 2.23. The fourth-order valence-corrected chi connectivity index (χ4v) is 4.69. The lowest BCUT2D eigenvalue weighted by atomic mass is 10.1. The van der Waals surface area contributed by atoms with Crippen molar-refractivity contribution in [1.82, 2.24) is 4.90 Å². The number of unbranched alkanes of at least 4 members (excludes halogenated alkanes) is 11. The van der Waals surface area contributed by atoms with Gasteiger partial charge in [-0.15, -0.1) is 11.3 Å². The first-order valence-electron chi connectivity index (χ1n) is 11.7. The van der Waals surface area contributed by atoms with Crippen LogP contribution < -0.4 is 0 Å². The third-order valence-electron chi connectivity index (χ3n) is 5.76. The Kier molecular flexibility index (Phi) is 12.0. The summed E-state index contributed by atoms with van der Waals surface area (Å²) in [6.45, 7) is 3.39. The Morgan fingerprint density at radius 1 is 1.00 bits per heavy atom. The van der Waals surface area contributed by atoms with E-state index in [4.69, 9.17) is 4.74 Å². The molecule has 0 aromatic carbocycles. The van der Waals surface area contributed by atoms with Crippen molar-refractivity contribution in [3.05, 3.63) is 22.4 Å². The molecule has 1 aromatic heterocycles. The molecule has 1 atom stereocenters. The number of rotatable bonds is 15. The van der Waals surface area contributed by atoms with Crippen LogP contribution in [0.2, 0.25) is 0 Å². The molecule has 0 bridgehead atoms. The van der Waals surface area contributed by atoms with Gasteiger partial charge in [-0.2, -0.15) is 0 Å². The number of esters is 1. The summed E-state index contributed by atoms with van der Waals surface area (Å²) in [4.78, 5) is 27.3. The van der Waals surface area contributed by atoms with Crippen LogP contribution in [0.1, 0.15) is 106 Å². The van der Waals surface area contributed by atoms with Crippen LogP contribution in [0.15, 0.2) is 17.5 Å². The highest BCUT2D eigenvalue weighted by atomic mass is 32.1. The lowest BCUT2D eigenvalue weighted by molar-refractivity contribution is -0.148. The van der Waals surface area contributed by atoms with Gasteiger partial charge in [0.15, 0.2) is 0 Å². The Morgan fingerprint density at radius 2 is 1.62 bits per heavy atom. The van der Waals surface area contributed by atoms with Crippen molar-refractivity contribution in [2.24, 2.45) is 0 Å². The van der Waals surface area contributed by atoms with Crippen molar-refractivity contribution in [3.8, 4) is 0 Å². The van der Waals surface area contributed by atoms with E-state index in [0.717, 1.165) is 19.3 Å². The van der Waals surface area contributed by atoms with E-state index in [1.54, 1.807) is 4.90 Å². The molecule has 1 fully saturated rings. The molecule has 1 aliphatic rings. The minimum absolute atomic E-state index is 0.0372. The fraction of sp³-hybridized carbons (Fsp3) is 0.750. The van der Waals surface area contributed by atoms with E-state index >= 15 is 0 Å². The largest absolute Gasteiger partial charge is 0.464 e. The molecule has 29 heavy (non-hydrogen) atoms. The Morgan fingerprint density at radius 3 is 2.21 bits per heavy atom. The second kappa shape index (κ2) is 14.6. The smallest absolute Gasteiger partial charge is 0.328 e. The summed E-state index contributed by atoms with van der Waals surface area (Å²) in [5.41, 5.74) is 0. The van der Waals surface area contributed by atoms with E-state index in [1.165, 1.54) is 75.5 Å². The lowest BCUT2D eigenvalue weighted by Gasteiger charge is -2.22. The summed E-state index contributed by atoms with van der Waals surface area (Å²) in [6.07, 6.45) is 17.1. The molecule has 1 unspecified atom stereocenters. The quantitative estimate of drug-likeness (QED) is 0.237. The molecule has 0 aliphatic carbocycles. The topological polar surface area (TPSA) is 46.6 Å². The van der Waals surface area contributed by atoms with Gasteiger partial charge in [0.2, 0.25) is 0 Å². The molecule has 0 spiro atoms. The fourth-order valence-electron chi connectivity index (χ4n) is 4.01. The molecule has 0 N–H and O–H groups in total. The third kappa shape index (κ3) is 8.90. The normalized spacial score (nSPS) is 16.3. The van der Waals surface area contributed by atoms with E-state index in [0.29, 0.717) is 24.4 Å². The summed E-state index contributed by atoms with van der Waals surface area (Å²) < 4.78 is 5.49. The van der Waals surface area contributed by atoms with Crippen LogP contribution in [-0.2, 0) is 9.53 Å². The number of hydrogen-bond acceptors (Lipinski definition) is 4. The third-order valence-corrected chi connectivity index (χ3v) is 6.62. The molecule has 0 saturated carbocycles. The predicted octanol–water partition coefficient (Wildman–Crippen LogP) is 6.60. The minimum Gasteiger partial charge on any atom is -0.464 e. The second-order valence-corrected chi connectivity index (χ2v) is 9.14. The highest BCUT2D eigenvalue weighted by molar-refractivity contribution is 7.12. The van der Waals surface area contributed by atoms with Crippen LogP contribution >= 0.6 is 11.3 Å². The van der Waals surface area contributed by atoms with Gasteiger partial charge in [-0.3, -0.25) is 4.79 Å². The standard InChI is InChI=1S/C24H39NO3S/c1-2-3-4-5-6-7-8-9-10-11-12-13-19-28-24(27)21-16-14-18-25(21)23(26)22-17-15-20-29-22/h15,17,20-21H,2-14,16,18-19H2,1H3. The molecule has 0 radical (unpaired) electrons. The molecule has 4 nitrogen and oxygen atoms in total. The van der Waals surface area contributed by atoms with Gasteiger partial charge in [-0.25, -0.2) is 4.79 Å². The summed E-state index contributed by atoms with van der Waals surface area (Å²) in [6, 6.07) is 3.29. The summed E-state index contributed by atoms with van der Waals surface area (Å²) in [5, 5.41) is 1.89. The second-order valence-electron chi connectivity index (χ2n) is 8.19. The molecule has 1 amide bonds. The zero-order chi connectivity index (χ0) is 20.7. The Labute approximate surface area is 181 Å². The van der Waals surface area contributed by atoms with E-state index in [2.05, 4.69) is 6.92 Å². The monoisotopic (exact) mass is 421 g/mol. The van der Waals surface area contributed by atoms with Gasteiger partial charge in [-0.1, -0.05) is 83.6 Å². The molecule has 5 heteroatoms. The van der Waals surface area contributed by atoms with Gasteiger partial charge in [-0.05, 0) is 30.7 Å². The van der Waals surface area contributed by atoms with Crippen molar-refractivity contribution in [3.63, 3.8) is 0 Å². The van der Waals surface area contributed by atoms with E-state index in [-0.39, 0.29) is 11.9 Å². The Hall–Kier alpha value is -1.36. The number of hydrogen-bond donors (Lipinski definition) is 0. The van der Waals surface area contributed by atoms with Crippen LogP contribution in [0.3, 0.4) is 0 Å². The van der Waals surface area contributed by atoms with Crippen molar-refractivity contribution in [1.29, 1.82) is 0 Å². The SMILES string of the molecule is CCCCCCCCCCCCCCOC(=O)C1CCCN1C(=O)c1cccs1. The van der Waals surface area contributed by atoms with Crippen molar-refractivity contribution in [2.45, 2.75) is 103 Å². The maximum Gasteiger partial charge on any atom is 0.328 e. The van der Waals surface area contributed by atoms with Gasteiger partial charge >= 0.3 is 5.97 Å². The van der Waals surface area contributed by atoms with Gasteiger partial charge in [0.05, 0.1) is 11.5 Å². The van der Waals surface area contributed by atoms with E-state index in [1.807, 2.05) is 17.5 Å². The van der Waals surface area contributed by atoms with Gasteiger partial charge in [0.1, 0.15) is 6.04 Å². The molecular formula is C24H39NO3S. The molecule has 2 rings (SSSR count). The van der Waals surface area contributed by atoms with E-state index in [9.17, 15) is 9.59 Å². The lowest BCUT2D eigenvalue weighted by Crippen LogP contribution is -2.41. The van der Waals surface area contributed by atoms with Crippen LogP contribution in [0, 0.1) is 0 Å². The van der Waals surface area contributed by atoms with Gasteiger partial charge < -0.3 is 9.64 Å². The first-order chi connectivity index (χ1) is 14.2. The van der Waals surface area contributed by atoms with Crippen LogP contribution in [0.25, 0.3) is 0 Å². The van der Waals surface area contributed by atoms with Gasteiger partial charge in [0.25, 0.3) is 5.91 Å². The maximum atomic E-state index is 12.5. The predicted molar refractivity (Wildman–Crippen MR) is 120 cm³/mol. The van der Waals surface area contributed by atoms with Crippen LogP contribution in [-0.4, -0.2) is 36.0 Å². The molecule has 2 heterocycles. The number of thiophene rings is 1. The summed E-state index contributed by atoms with van der Waals surface area (Å²) in [5.74, 6) is -0.264. The number of amides is 1. The van der Waals surface area contributed by atoms with Gasteiger partial charge in [0, 0.05) is 6.54 Å². The molecule has 1 aromatic rings. The number of ether oxygens (including phenoxy) is 1. The average Bonchev–Trinajstić information content (AvgIpc) is 3.43. The Bertz CT molecular complexity index is 573. The highest BCUT2D eigenvalue weighted by Gasteiger charge is 2.35. The maximum absolute atomic E-state index is 12.5. The molecule has 164 valence electrons. The van der Waals surface area contributed by atoms with Crippen molar-refractivity contribution in [2.75, 3.05) is 13.2 Å². The molecular weight excluding hydrogens is 382 g/mol. The average molecular weight is 422 g/mol. The molecule has 1 aliphatic heterocycles. The zero-order valence-corrected chi connectivity index (χ0v) is 19.0. The zero-order valence-electron chi connectivity index (χ0n) is 18.2.